The van der Waals surface area contributed by atoms with Crippen LogP contribution in [0.5, 0.6) is 52.1 Å². The zero-order valence-electron chi connectivity index (χ0n) is 17.7. The summed E-state index contributed by atoms with van der Waals surface area (Å²) in [6.07, 6.45) is 0. The summed E-state index contributed by atoms with van der Waals surface area (Å²) in [4.78, 5) is 42.9. The molecule has 3 rings (SSSR count). The van der Waals surface area contributed by atoms with E-state index in [9.17, 15) is 45.0 Å². The summed E-state index contributed by atoms with van der Waals surface area (Å²) < 4.78 is 15.7. The lowest BCUT2D eigenvalue weighted by Gasteiger charge is -2.18. The van der Waals surface area contributed by atoms with Gasteiger partial charge in [0.05, 0.1) is 17.1 Å². The minimum Gasteiger partial charge on any atom is -0.503 e. The van der Waals surface area contributed by atoms with E-state index in [-0.39, 0.29) is 17.1 Å². The van der Waals surface area contributed by atoms with Crippen molar-refractivity contribution in [1.29, 1.82) is 0 Å². The number of hydrogen-bond acceptors (Lipinski definition) is 12. The molecule has 34 heavy (non-hydrogen) atoms. The Balaban J connectivity index is 2.11. The predicted octanol–water partition coefficient (Wildman–Crippen LogP) is -0.568. The van der Waals surface area contributed by atoms with Gasteiger partial charge >= 0.3 is 7.32 Å². The average Bonchev–Trinajstić information content (AvgIpc) is 2.80. The van der Waals surface area contributed by atoms with Gasteiger partial charge in [0.1, 0.15) is 0 Å². The molecule has 0 atom stereocenters. The number of pyridine rings is 3. The van der Waals surface area contributed by atoms with Gasteiger partial charge in [-0.05, 0) is 20.8 Å². The highest BCUT2D eigenvalue weighted by Gasteiger charge is 2.36. The van der Waals surface area contributed by atoms with Crippen molar-refractivity contribution in [3.8, 4) is 52.1 Å². The minimum absolute atomic E-state index is 0.134. The Kier molecular flexibility index (Phi) is 5.99. The van der Waals surface area contributed by atoms with Gasteiger partial charge in [-0.3, -0.25) is 14.4 Å². The number of rotatable bonds is 6. The Morgan fingerprint density at radius 2 is 0.735 bits per heavy atom. The highest BCUT2D eigenvalue weighted by Crippen LogP contribution is 2.29. The minimum atomic E-state index is -2.17. The fourth-order valence-electron chi connectivity index (χ4n) is 2.64. The normalized spacial score (nSPS) is 10.7. The van der Waals surface area contributed by atoms with Crippen molar-refractivity contribution in [1.82, 2.24) is 15.0 Å². The number of nitrogens with one attached hydrogen (secondary N) is 3. The van der Waals surface area contributed by atoms with E-state index in [4.69, 9.17) is 14.0 Å². The maximum absolute atomic E-state index is 12.0. The third-order valence-electron chi connectivity index (χ3n) is 4.55. The largest absolute Gasteiger partial charge is 0.867 e. The van der Waals surface area contributed by atoms with Crippen molar-refractivity contribution in [3.05, 3.63) is 47.8 Å². The molecule has 180 valence electrons. The molecule has 0 aliphatic heterocycles. The van der Waals surface area contributed by atoms with Crippen molar-refractivity contribution >= 4 is 7.32 Å². The molecule has 0 bridgehead atoms. The number of H-pyrrole nitrogens is 3. The molecule has 15 nitrogen and oxygen atoms in total. The second-order valence-electron chi connectivity index (χ2n) is 6.96. The van der Waals surface area contributed by atoms with Crippen molar-refractivity contribution in [2.45, 2.75) is 20.8 Å². The molecule has 3 aromatic heterocycles. The fraction of sp³-hybridized carbons (Fsp3) is 0.167. The second-order valence-corrected chi connectivity index (χ2v) is 6.96. The monoisotopic (exact) mass is 479 g/mol. The van der Waals surface area contributed by atoms with Gasteiger partial charge in [-0.2, -0.15) is 0 Å². The summed E-state index contributed by atoms with van der Waals surface area (Å²) in [5.41, 5.74) is -4.07. The standard InChI is InChI=1S/C18H18BN3O12/c1-4-7(23)10(26)13(29)16(20-4)32-19(33-17-14(30)11(27)8(24)5(2)21-17)34-18-15(31)12(28)9(25)6(3)22-18/h23-25,29-31H,1-3H3,(H,20,26)(H,21,27)(H,22,28). The molecule has 0 spiro atoms. The molecule has 0 unspecified atom stereocenters. The van der Waals surface area contributed by atoms with Crippen LogP contribution in [-0.4, -0.2) is 52.9 Å². The third-order valence-corrected chi connectivity index (χ3v) is 4.55. The molecule has 0 saturated heterocycles. The van der Waals surface area contributed by atoms with Crippen molar-refractivity contribution in [3.63, 3.8) is 0 Å². The molecular formula is C18H18BN3O12. The topological polar surface area (TPSA) is 248 Å². The molecule has 0 fully saturated rings. The maximum atomic E-state index is 12.0. The van der Waals surface area contributed by atoms with Gasteiger partial charge in [-0.1, -0.05) is 0 Å². The van der Waals surface area contributed by atoms with E-state index in [2.05, 4.69) is 15.0 Å². The number of aromatic nitrogens is 3. The molecule has 3 heterocycles. The van der Waals surface area contributed by atoms with Crippen LogP contribution in [0.1, 0.15) is 17.1 Å². The summed E-state index contributed by atoms with van der Waals surface area (Å²) in [6, 6.07) is 0. The highest BCUT2D eigenvalue weighted by molar-refractivity contribution is 6.39. The van der Waals surface area contributed by atoms with Crippen LogP contribution in [0, 0.1) is 20.8 Å². The molecule has 0 saturated carbocycles. The fourth-order valence-corrected chi connectivity index (χ4v) is 2.64. The van der Waals surface area contributed by atoms with Gasteiger partial charge in [0.15, 0.2) is 17.2 Å². The number of aryl methyl sites for hydroxylation is 3. The predicted molar refractivity (Wildman–Crippen MR) is 113 cm³/mol. The van der Waals surface area contributed by atoms with E-state index in [1.54, 1.807) is 0 Å². The summed E-state index contributed by atoms with van der Waals surface area (Å²) in [7, 11) is -2.17. The second kappa shape index (κ2) is 8.57. The molecule has 0 radical (unpaired) electrons. The van der Waals surface area contributed by atoms with Crippen molar-refractivity contribution < 1.29 is 44.6 Å². The Hall–Kier alpha value is -4.89. The van der Waals surface area contributed by atoms with E-state index in [0.29, 0.717) is 0 Å². The van der Waals surface area contributed by atoms with Crippen molar-refractivity contribution in [2.75, 3.05) is 0 Å². The third kappa shape index (κ3) is 4.11. The van der Waals surface area contributed by atoms with Gasteiger partial charge in [0.25, 0.3) is 16.3 Å². The summed E-state index contributed by atoms with van der Waals surface area (Å²) >= 11 is 0. The smallest absolute Gasteiger partial charge is 0.503 e. The van der Waals surface area contributed by atoms with Crippen LogP contribution in [-0.2, 0) is 0 Å². The Labute approximate surface area is 188 Å². The van der Waals surface area contributed by atoms with E-state index >= 15 is 0 Å². The quantitative estimate of drug-likeness (QED) is 0.202. The molecule has 9 N–H and O–H groups in total. The van der Waals surface area contributed by atoms with Crippen LogP contribution >= 0.6 is 0 Å². The lowest BCUT2D eigenvalue weighted by Crippen LogP contribution is -2.38. The molecule has 0 aromatic carbocycles. The van der Waals surface area contributed by atoms with Gasteiger partial charge in [-0.25, -0.2) is 0 Å². The number of aromatic amines is 3. The van der Waals surface area contributed by atoms with Crippen LogP contribution in [0.2, 0.25) is 0 Å². The van der Waals surface area contributed by atoms with Crippen molar-refractivity contribution in [2.24, 2.45) is 0 Å². The van der Waals surface area contributed by atoms with E-state index in [1.807, 2.05) is 0 Å². The van der Waals surface area contributed by atoms with Gasteiger partial charge < -0.3 is 59.6 Å². The number of aromatic hydroxyl groups is 6. The SMILES string of the molecule is Cc1[nH]c(OB(Oc2[nH]c(C)c(O)c(=O)c2O)Oc2[nH]c(C)c(O)c(=O)c2O)c(O)c(=O)c1O. The lowest BCUT2D eigenvalue weighted by atomic mass is 10.2. The molecule has 0 amide bonds. The Morgan fingerprint density at radius 1 is 0.500 bits per heavy atom. The summed E-state index contributed by atoms with van der Waals surface area (Å²) in [5, 5.41) is 59.0. The zero-order chi connectivity index (χ0) is 25.5. The van der Waals surface area contributed by atoms with E-state index < -0.39 is 75.7 Å². The molecular weight excluding hydrogens is 461 g/mol. The number of hydrogen-bond donors (Lipinski definition) is 9. The lowest BCUT2D eigenvalue weighted by molar-refractivity contribution is 0.267. The van der Waals surface area contributed by atoms with E-state index in [0.717, 1.165) is 0 Å². The summed E-state index contributed by atoms with van der Waals surface area (Å²) in [5.74, 6) is -7.89. The van der Waals surface area contributed by atoms with Crippen LogP contribution in [0.4, 0.5) is 0 Å². The van der Waals surface area contributed by atoms with Gasteiger partial charge in [-0.15, -0.1) is 0 Å². The average molecular weight is 479 g/mol. The first-order valence-electron chi connectivity index (χ1n) is 9.27. The van der Waals surface area contributed by atoms with E-state index in [1.165, 1.54) is 20.8 Å². The Bertz CT molecular complexity index is 1280. The molecule has 3 aromatic rings. The molecule has 0 aliphatic rings. The Morgan fingerprint density at radius 3 is 0.971 bits per heavy atom. The van der Waals surface area contributed by atoms with Gasteiger partial charge in [0.2, 0.25) is 34.9 Å². The molecule has 0 aliphatic carbocycles. The maximum Gasteiger partial charge on any atom is 0.867 e. The summed E-state index contributed by atoms with van der Waals surface area (Å²) in [6.45, 7) is 3.79. The molecule has 16 heteroatoms. The highest BCUT2D eigenvalue weighted by atomic mass is 16.7. The van der Waals surface area contributed by atoms with Crippen LogP contribution in [0.15, 0.2) is 14.4 Å². The first-order chi connectivity index (χ1) is 15.8. The van der Waals surface area contributed by atoms with Crippen LogP contribution < -0.4 is 30.2 Å². The zero-order valence-corrected chi connectivity index (χ0v) is 17.7. The van der Waals surface area contributed by atoms with Crippen LogP contribution in [0.25, 0.3) is 0 Å². The first kappa shape index (κ1) is 23.8. The van der Waals surface area contributed by atoms with Gasteiger partial charge in [0, 0.05) is 0 Å². The first-order valence-corrected chi connectivity index (χ1v) is 9.27. The van der Waals surface area contributed by atoms with Crippen LogP contribution in [0.3, 0.4) is 0 Å².